The van der Waals surface area contributed by atoms with Gasteiger partial charge in [0.25, 0.3) is 0 Å². The Morgan fingerprint density at radius 1 is 1.27 bits per heavy atom. The van der Waals surface area contributed by atoms with Crippen LogP contribution in [0.4, 0.5) is 0 Å². The SMILES string of the molecule is CC1(C)[C@H]2CC[C@](C)(C2)[C@@H]1Cl. The molecule has 0 aromatic heterocycles. The maximum absolute atomic E-state index is 6.44. The van der Waals surface area contributed by atoms with E-state index in [1.807, 2.05) is 0 Å². The third kappa shape index (κ3) is 0.824. The number of hydrogen-bond donors (Lipinski definition) is 0. The van der Waals surface area contributed by atoms with E-state index in [1.54, 1.807) is 0 Å². The topological polar surface area (TPSA) is 0 Å². The molecule has 2 bridgehead atoms. The summed E-state index contributed by atoms with van der Waals surface area (Å²) in [6.45, 7) is 7.03. The zero-order valence-electron chi connectivity index (χ0n) is 7.65. The van der Waals surface area contributed by atoms with Crippen molar-refractivity contribution in [1.82, 2.24) is 0 Å². The highest BCUT2D eigenvalue weighted by Gasteiger charge is 2.58. The van der Waals surface area contributed by atoms with Crippen molar-refractivity contribution in [3.05, 3.63) is 0 Å². The summed E-state index contributed by atoms with van der Waals surface area (Å²) < 4.78 is 0. The first-order valence-electron chi connectivity index (χ1n) is 4.61. The van der Waals surface area contributed by atoms with E-state index in [2.05, 4.69) is 20.8 Å². The molecule has 0 nitrogen and oxygen atoms in total. The molecule has 0 saturated heterocycles. The van der Waals surface area contributed by atoms with Gasteiger partial charge in [0, 0.05) is 5.38 Å². The quantitative estimate of drug-likeness (QED) is 0.491. The first-order valence-corrected chi connectivity index (χ1v) is 5.04. The Labute approximate surface area is 74.3 Å². The lowest BCUT2D eigenvalue weighted by Gasteiger charge is -2.38. The molecule has 64 valence electrons. The second-order valence-electron chi connectivity index (χ2n) is 5.28. The Kier molecular flexibility index (Phi) is 1.41. The van der Waals surface area contributed by atoms with Gasteiger partial charge in [-0.2, -0.15) is 0 Å². The summed E-state index contributed by atoms with van der Waals surface area (Å²) >= 11 is 6.44. The summed E-state index contributed by atoms with van der Waals surface area (Å²) in [6.07, 6.45) is 4.14. The van der Waals surface area contributed by atoms with Crippen LogP contribution < -0.4 is 0 Å². The first kappa shape index (κ1) is 7.91. The molecule has 2 aliphatic carbocycles. The third-order valence-corrected chi connectivity index (χ3v) is 5.18. The van der Waals surface area contributed by atoms with E-state index in [0.717, 1.165) is 5.92 Å². The molecule has 0 aliphatic heterocycles. The Morgan fingerprint density at radius 3 is 2.18 bits per heavy atom. The smallest absolute Gasteiger partial charge is 0.0443 e. The Bertz CT molecular complexity index is 181. The summed E-state index contributed by atoms with van der Waals surface area (Å²) in [6, 6.07) is 0. The van der Waals surface area contributed by atoms with Crippen LogP contribution in [0.2, 0.25) is 0 Å². The zero-order chi connectivity index (χ0) is 8.28. The molecule has 0 aromatic rings. The average Bonchev–Trinajstić information content (AvgIpc) is 2.36. The third-order valence-electron chi connectivity index (χ3n) is 4.09. The van der Waals surface area contributed by atoms with E-state index in [9.17, 15) is 0 Å². The van der Waals surface area contributed by atoms with Gasteiger partial charge in [0.15, 0.2) is 0 Å². The molecule has 0 unspecified atom stereocenters. The lowest BCUT2D eigenvalue weighted by molar-refractivity contribution is 0.190. The molecule has 0 heterocycles. The normalized spacial score (nSPS) is 53.5. The second-order valence-corrected chi connectivity index (χ2v) is 5.71. The molecular formula is C10H17Cl. The highest BCUT2D eigenvalue weighted by Crippen LogP contribution is 2.64. The van der Waals surface area contributed by atoms with Crippen LogP contribution in [-0.4, -0.2) is 5.38 Å². The monoisotopic (exact) mass is 172 g/mol. The molecule has 0 amide bonds. The maximum atomic E-state index is 6.44. The van der Waals surface area contributed by atoms with E-state index >= 15 is 0 Å². The first-order chi connectivity index (χ1) is 4.97. The van der Waals surface area contributed by atoms with Gasteiger partial charge < -0.3 is 0 Å². The van der Waals surface area contributed by atoms with Crippen molar-refractivity contribution in [2.24, 2.45) is 16.7 Å². The minimum absolute atomic E-state index is 0.397. The average molecular weight is 173 g/mol. The predicted octanol–water partition coefficient (Wildman–Crippen LogP) is 3.44. The van der Waals surface area contributed by atoms with Gasteiger partial charge >= 0.3 is 0 Å². The van der Waals surface area contributed by atoms with Crippen LogP contribution in [0.25, 0.3) is 0 Å². The van der Waals surface area contributed by atoms with Gasteiger partial charge in [-0.15, -0.1) is 11.6 Å². The van der Waals surface area contributed by atoms with Crippen LogP contribution >= 0.6 is 11.6 Å². The van der Waals surface area contributed by atoms with Crippen LogP contribution in [-0.2, 0) is 0 Å². The van der Waals surface area contributed by atoms with Crippen molar-refractivity contribution < 1.29 is 0 Å². The summed E-state index contributed by atoms with van der Waals surface area (Å²) in [5.41, 5.74) is 0.865. The Hall–Kier alpha value is 0.290. The van der Waals surface area contributed by atoms with E-state index in [1.165, 1.54) is 19.3 Å². The Morgan fingerprint density at radius 2 is 1.91 bits per heavy atom. The molecule has 2 saturated carbocycles. The molecule has 1 heteroatoms. The van der Waals surface area contributed by atoms with Gasteiger partial charge in [-0.1, -0.05) is 20.8 Å². The fraction of sp³-hybridized carbons (Fsp3) is 1.00. The molecule has 0 radical (unpaired) electrons. The van der Waals surface area contributed by atoms with Gasteiger partial charge in [-0.3, -0.25) is 0 Å². The lowest BCUT2D eigenvalue weighted by Crippen LogP contribution is -2.35. The van der Waals surface area contributed by atoms with Gasteiger partial charge in [0.2, 0.25) is 0 Å². The van der Waals surface area contributed by atoms with Crippen molar-refractivity contribution in [3.63, 3.8) is 0 Å². The standard InChI is InChI=1S/C10H17Cl/c1-9(2)7-4-5-10(3,6-7)8(9)11/h7-8H,4-6H2,1-3H3/t7-,8+,10+/m0/s1. The van der Waals surface area contributed by atoms with Crippen LogP contribution in [0.15, 0.2) is 0 Å². The van der Waals surface area contributed by atoms with Gasteiger partial charge in [-0.05, 0) is 36.0 Å². The fourth-order valence-electron chi connectivity index (χ4n) is 3.24. The van der Waals surface area contributed by atoms with Crippen LogP contribution in [0, 0.1) is 16.7 Å². The predicted molar refractivity (Wildman–Crippen MR) is 48.9 cm³/mol. The summed E-state index contributed by atoms with van der Waals surface area (Å²) in [5.74, 6) is 0.898. The zero-order valence-corrected chi connectivity index (χ0v) is 8.41. The molecule has 2 rings (SSSR count). The molecular weight excluding hydrogens is 156 g/mol. The number of halogens is 1. The maximum Gasteiger partial charge on any atom is 0.0443 e. The molecule has 11 heavy (non-hydrogen) atoms. The minimum Gasteiger partial charge on any atom is -0.122 e. The summed E-state index contributed by atoms with van der Waals surface area (Å²) in [4.78, 5) is 0. The number of hydrogen-bond acceptors (Lipinski definition) is 0. The molecule has 0 aromatic carbocycles. The molecule has 0 N–H and O–H groups in total. The molecule has 2 fully saturated rings. The second kappa shape index (κ2) is 1.96. The van der Waals surface area contributed by atoms with Crippen molar-refractivity contribution in [2.45, 2.75) is 45.4 Å². The highest BCUT2D eigenvalue weighted by molar-refractivity contribution is 6.21. The minimum atomic E-state index is 0.397. The van der Waals surface area contributed by atoms with Crippen molar-refractivity contribution in [2.75, 3.05) is 0 Å². The van der Waals surface area contributed by atoms with E-state index in [0.29, 0.717) is 16.2 Å². The summed E-state index contributed by atoms with van der Waals surface area (Å²) in [7, 11) is 0. The van der Waals surface area contributed by atoms with Gasteiger partial charge in [0.1, 0.15) is 0 Å². The molecule has 2 aliphatic rings. The van der Waals surface area contributed by atoms with E-state index in [4.69, 9.17) is 11.6 Å². The van der Waals surface area contributed by atoms with Crippen LogP contribution in [0.1, 0.15) is 40.0 Å². The number of fused-ring (bicyclic) bond motifs is 2. The van der Waals surface area contributed by atoms with Crippen molar-refractivity contribution >= 4 is 11.6 Å². The van der Waals surface area contributed by atoms with E-state index in [-0.39, 0.29) is 0 Å². The van der Waals surface area contributed by atoms with Crippen molar-refractivity contribution in [1.29, 1.82) is 0 Å². The van der Waals surface area contributed by atoms with Gasteiger partial charge in [-0.25, -0.2) is 0 Å². The van der Waals surface area contributed by atoms with E-state index < -0.39 is 0 Å². The van der Waals surface area contributed by atoms with Gasteiger partial charge in [0.05, 0.1) is 0 Å². The fourth-order valence-corrected chi connectivity index (χ4v) is 3.62. The summed E-state index contributed by atoms with van der Waals surface area (Å²) in [5, 5.41) is 0.411. The molecule has 0 spiro atoms. The number of rotatable bonds is 0. The number of alkyl halides is 1. The largest absolute Gasteiger partial charge is 0.122 e. The highest BCUT2D eigenvalue weighted by atomic mass is 35.5. The lowest BCUT2D eigenvalue weighted by atomic mass is 9.72. The van der Waals surface area contributed by atoms with Crippen LogP contribution in [0.3, 0.4) is 0 Å². The van der Waals surface area contributed by atoms with Crippen LogP contribution in [0.5, 0.6) is 0 Å². The Balaban J connectivity index is 2.34. The molecule has 3 atom stereocenters. The van der Waals surface area contributed by atoms with Crippen molar-refractivity contribution in [3.8, 4) is 0 Å².